The molecule has 0 unspecified atom stereocenters. The molecule has 1 aliphatic carbocycles. The number of thiazole rings is 1. The van der Waals surface area contributed by atoms with Gasteiger partial charge in [-0.05, 0) is 67.1 Å². The Bertz CT molecular complexity index is 1170. The number of aryl methyl sites for hydroxylation is 2. The van der Waals surface area contributed by atoms with E-state index in [9.17, 15) is 14.4 Å². The highest BCUT2D eigenvalue weighted by Gasteiger charge is 2.30. The van der Waals surface area contributed by atoms with E-state index in [1.54, 1.807) is 24.3 Å². The molecule has 0 saturated carbocycles. The fraction of sp³-hybridized carbons (Fsp3) is 0.250. The molecule has 31 heavy (non-hydrogen) atoms. The number of aromatic nitrogens is 1. The van der Waals surface area contributed by atoms with Crippen LogP contribution >= 0.6 is 11.3 Å². The molecule has 0 bridgehead atoms. The van der Waals surface area contributed by atoms with E-state index in [4.69, 9.17) is 0 Å². The van der Waals surface area contributed by atoms with Crippen LogP contribution in [0.3, 0.4) is 0 Å². The van der Waals surface area contributed by atoms with Crippen LogP contribution < -0.4 is 10.2 Å². The monoisotopic (exact) mass is 431 g/mol. The highest BCUT2D eigenvalue weighted by atomic mass is 32.1. The van der Waals surface area contributed by atoms with Crippen molar-refractivity contribution in [3.05, 3.63) is 64.5 Å². The van der Waals surface area contributed by atoms with Crippen molar-refractivity contribution in [3.8, 4) is 11.3 Å². The van der Waals surface area contributed by atoms with Gasteiger partial charge in [-0.3, -0.25) is 24.6 Å². The summed E-state index contributed by atoms with van der Waals surface area (Å²) in [7, 11) is 0. The molecule has 2 heterocycles. The maximum atomic E-state index is 12.6. The van der Waals surface area contributed by atoms with Crippen molar-refractivity contribution in [1.82, 2.24) is 4.98 Å². The molecule has 1 aromatic heterocycles. The van der Waals surface area contributed by atoms with Crippen LogP contribution in [0, 0.1) is 0 Å². The van der Waals surface area contributed by atoms with Crippen molar-refractivity contribution >= 4 is 39.9 Å². The number of anilines is 2. The summed E-state index contributed by atoms with van der Waals surface area (Å²) in [5.41, 5.74) is 5.69. The molecule has 0 atom stereocenters. The molecule has 1 aliphatic heterocycles. The van der Waals surface area contributed by atoms with Gasteiger partial charge in [0.15, 0.2) is 5.13 Å². The molecule has 0 radical (unpaired) electrons. The zero-order valence-corrected chi connectivity index (χ0v) is 17.7. The van der Waals surface area contributed by atoms with Crippen molar-refractivity contribution in [3.63, 3.8) is 0 Å². The minimum Gasteiger partial charge on any atom is -0.298 e. The number of rotatable bonds is 4. The molecular formula is C24H21N3O3S. The zero-order chi connectivity index (χ0) is 21.4. The first kappa shape index (κ1) is 19.6. The van der Waals surface area contributed by atoms with E-state index in [0.29, 0.717) is 16.4 Å². The number of imide groups is 1. The Kier molecular flexibility index (Phi) is 5.11. The molecule has 2 aromatic carbocycles. The maximum absolute atomic E-state index is 12.6. The van der Waals surface area contributed by atoms with Crippen LogP contribution in [0.5, 0.6) is 0 Å². The molecule has 7 heteroatoms. The Morgan fingerprint density at radius 1 is 0.903 bits per heavy atom. The fourth-order valence-electron chi connectivity index (χ4n) is 4.15. The molecule has 156 valence electrons. The largest absolute Gasteiger partial charge is 0.298 e. The number of carbonyl (C=O) groups excluding carboxylic acids is 3. The van der Waals surface area contributed by atoms with Gasteiger partial charge in [0.2, 0.25) is 11.8 Å². The minimum atomic E-state index is -0.281. The normalized spacial score (nSPS) is 15.8. The Morgan fingerprint density at radius 2 is 1.61 bits per heavy atom. The molecule has 3 amide bonds. The predicted octanol–water partition coefficient (Wildman–Crippen LogP) is 4.59. The van der Waals surface area contributed by atoms with Crippen LogP contribution in [0.1, 0.15) is 47.2 Å². The average Bonchev–Trinajstić information content (AvgIpc) is 3.39. The summed E-state index contributed by atoms with van der Waals surface area (Å²) in [6.45, 7) is 0. The van der Waals surface area contributed by atoms with Gasteiger partial charge in [0.1, 0.15) is 0 Å². The van der Waals surface area contributed by atoms with Gasteiger partial charge in [0.05, 0.1) is 11.4 Å². The highest BCUT2D eigenvalue weighted by molar-refractivity contribution is 7.14. The summed E-state index contributed by atoms with van der Waals surface area (Å²) in [5.74, 6) is -0.698. The average molecular weight is 432 g/mol. The van der Waals surface area contributed by atoms with E-state index >= 15 is 0 Å². The Labute approximate surface area is 183 Å². The van der Waals surface area contributed by atoms with Crippen molar-refractivity contribution in [2.24, 2.45) is 0 Å². The maximum Gasteiger partial charge on any atom is 0.257 e. The van der Waals surface area contributed by atoms with Gasteiger partial charge in [0.25, 0.3) is 5.91 Å². The first-order valence-electron chi connectivity index (χ1n) is 10.4. The van der Waals surface area contributed by atoms with Crippen LogP contribution in [0.4, 0.5) is 10.8 Å². The number of carbonyl (C=O) groups is 3. The first-order chi connectivity index (χ1) is 15.1. The number of nitrogens with zero attached hydrogens (tertiary/aromatic N) is 2. The quantitative estimate of drug-likeness (QED) is 0.613. The number of amides is 3. The summed E-state index contributed by atoms with van der Waals surface area (Å²) < 4.78 is 0. The van der Waals surface area contributed by atoms with E-state index in [-0.39, 0.29) is 30.6 Å². The number of hydrogen-bond acceptors (Lipinski definition) is 5. The Balaban J connectivity index is 1.29. The zero-order valence-electron chi connectivity index (χ0n) is 16.9. The molecule has 2 aliphatic rings. The van der Waals surface area contributed by atoms with Gasteiger partial charge in [-0.25, -0.2) is 4.98 Å². The van der Waals surface area contributed by atoms with E-state index in [1.807, 2.05) is 5.38 Å². The second-order valence-corrected chi connectivity index (χ2v) is 8.71. The number of nitrogens with one attached hydrogen (secondary N) is 1. The van der Waals surface area contributed by atoms with Crippen molar-refractivity contribution in [1.29, 1.82) is 0 Å². The summed E-state index contributed by atoms with van der Waals surface area (Å²) in [6.07, 6.45) is 5.21. The van der Waals surface area contributed by atoms with Crippen molar-refractivity contribution in [2.75, 3.05) is 10.2 Å². The second-order valence-electron chi connectivity index (χ2n) is 7.85. The topological polar surface area (TPSA) is 79.4 Å². The van der Waals surface area contributed by atoms with Crippen LogP contribution in [0.15, 0.2) is 47.8 Å². The molecule has 0 spiro atoms. The standard InChI is InChI=1S/C24H21N3O3S/c28-21-11-12-22(29)27(21)19-9-7-16(8-10-19)23(30)26-24-25-20(14-31-24)18-6-5-15-3-1-2-4-17(15)13-18/h5-10,13-14H,1-4,11-12H2,(H,25,26,30). The molecule has 1 N–H and O–H groups in total. The molecule has 3 aromatic rings. The van der Waals surface area contributed by atoms with Crippen LogP contribution in [0.25, 0.3) is 11.3 Å². The summed E-state index contributed by atoms with van der Waals surface area (Å²) >= 11 is 1.39. The van der Waals surface area contributed by atoms with Crippen LogP contribution in [-0.2, 0) is 22.4 Å². The number of fused-ring (bicyclic) bond motifs is 1. The van der Waals surface area contributed by atoms with E-state index in [2.05, 4.69) is 28.5 Å². The second kappa shape index (κ2) is 8.07. The van der Waals surface area contributed by atoms with E-state index in [1.165, 1.54) is 40.2 Å². The molecule has 1 fully saturated rings. The minimum absolute atomic E-state index is 0.209. The third kappa shape index (κ3) is 3.88. The van der Waals surface area contributed by atoms with Gasteiger partial charge < -0.3 is 0 Å². The molecule has 1 saturated heterocycles. The lowest BCUT2D eigenvalue weighted by Crippen LogP contribution is -2.28. The van der Waals surface area contributed by atoms with E-state index in [0.717, 1.165) is 24.1 Å². The lowest BCUT2D eigenvalue weighted by Gasteiger charge is -2.16. The van der Waals surface area contributed by atoms with Crippen LogP contribution in [0.2, 0.25) is 0 Å². The SMILES string of the molecule is O=C(Nc1nc(-c2ccc3c(c2)CCCC3)cs1)c1ccc(N2C(=O)CCC2=O)cc1. The lowest BCUT2D eigenvalue weighted by molar-refractivity contribution is -0.121. The van der Waals surface area contributed by atoms with Gasteiger partial charge >= 0.3 is 0 Å². The highest BCUT2D eigenvalue weighted by Crippen LogP contribution is 2.30. The summed E-state index contributed by atoms with van der Waals surface area (Å²) in [4.78, 5) is 42.1. The fourth-order valence-corrected chi connectivity index (χ4v) is 4.87. The molecular weight excluding hydrogens is 410 g/mol. The van der Waals surface area contributed by atoms with E-state index < -0.39 is 0 Å². The Hall–Kier alpha value is -3.32. The third-order valence-electron chi connectivity index (χ3n) is 5.81. The number of hydrogen-bond donors (Lipinski definition) is 1. The molecule has 5 rings (SSSR count). The molecule has 6 nitrogen and oxygen atoms in total. The summed E-state index contributed by atoms with van der Waals surface area (Å²) in [6, 6.07) is 13.0. The number of benzene rings is 2. The predicted molar refractivity (Wildman–Crippen MR) is 120 cm³/mol. The first-order valence-corrected chi connectivity index (χ1v) is 11.3. The van der Waals surface area contributed by atoms with Crippen molar-refractivity contribution < 1.29 is 14.4 Å². The smallest absolute Gasteiger partial charge is 0.257 e. The Morgan fingerprint density at radius 3 is 2.35 bits per heavy atom. The van der Waals surface area contributed by atoms with Crippen molar-refractivity contribution in [2.45, 2.75) is 38.5 Å². The van der Waals surface area contributed by atoms with Gasteiger partial charge in [0, 0.05) is 29.3 Å². The third-order valence-corrected chi connectivity index (χ3v) is 6.57. The van der Waals surface area contributed by atoms with Crippen LogP contribution in [-0.4, -0.2) is 22.7 Å². The van der Waals surface area contributed by atoms with Gasteiger partial charge in [-0.1, -0.05) is 12.1 Å². The summed E-state index contributed by atoms with van der Waals surface area (Å²) in [5, 5.41) is 5.32. The lowest BCUT2D eigenvalue weighted by atomic mass is 9.90. The van der Waals surface area contributed by atoms with Gasteiger partial charge in [-0.2, -0.15) is 0 Å². The van der Waals surface area contributed by atoms with Gasteiger partial charge in [-0.15, -0.1) is 11.3 Å².